The average Bonchev–Trinajstić information content (AvgIpc) is 2.70. The van der Waals surface area contributed by atoms with E-state index in [0.29, 0.717) is 6.54 Å². The van der Waals surface area contributed by atoms with Crippen molar-refractivity contribution in [1.82, 2.24) is 10.3 Å². The molecule has 0 bridgehead atoms. The van der Waals surface area contributed by atoms with Gasteiger partial charge in [0.2, 0.25) is 0 Å². The van der Waals surface area contributed by atoms with Crippen molar-refractivity contribution in [1.29, 1.82) is 0 Å². The van der Waals surface area contributed by atoms with Crippen molar-refractivity contribution in [2.75, 3.05) is 11.9 Å². The fourth-order valence-electron chi connectivity index (χ4n) is 2.45. The smallest absolute Gasteiger partial charge is 0.267 e. The summed E-state index contributed by atoms with van der Waals surface area (Å²) in [6, 6.07) is 1.36. The number of aromatic nitrogens is 1. The molecule has 0 saturated carbocycles. The van der Waals surface area contributed by atoms with E-state index in [1.54, 1.807) is 13.0 Å². The molecule has 1 atom stereocenters. The number of carbonyl (C=O) groups excluding carboxylic acids is 1. The average molecular weight is 308 g/mol. The summed E-state index contributed by atoms with van der Waals surface area (Å²) >= 11 is 0. The molecule has 1 amide bonds. The Morgan fingerprint density at radius 2 is 2.23 bits per heavy atom. The summed E-state index contributed by atoms with van der Waals surface area (Å²) in [6.07, 6.45) is 0. The highest BCUT2D eigenvalue weighted by Gasteiger charge is 2.34. The number of hydrogen-bond donors (Lipinski definition) is 3. The zero-order chi connectivity index (χ0) is 16.7. The molecule has 6 heteroatoms. The van der Waals surface area contributed by atoms with Gasteiger partial charge in [-0.1, -0.05) is 13.8 Å². The minimum Gasteiger partial charge on any atom is -0.382 e. The van der Waals surface area contributed by atoms with Crippen LogP contribution in [-0.2, 0) is 12.0 Å². The molecule has 0 spiro atoms. The van der Waals surface area contributed by atoms with Gasteiger partial charge in [0.05, 0.1) is 11.4 Å². The molecule has 2 rings (SSSR count). The summed E-state index contributed by atoms with van der Waals surface area (Å²) in [6.45, 7) is 10.2. The molecule has 22 heavy (non-hydrogen) atoms. The number of pyridine rings is 1. The lowest BCUT2D eigenvalue weighted by atomic mass is 9.90. The third-order valence-electron chi connectivity index (χ3n) is 4.33. The first-order valence-electron chi connectivity index (χ1n) is 7.53. The van der Waals surface area contributed by atoms with Crippen LogP contribution in [0.15, 0.2) is 6.07 Å². The van der Waals surface area contributed by atoms with E-state index in [0.717, 1.165) is 23.5 Å². The van der Waals surface area contributed by atoms with Gasteiger partial charge in [-0.3, -0.25) is 4.79 Å². The Morgan fingerprint density at radius 3 is 2.77 bits per heavy atom. The number of hydrogen-bond acceptors (Lipinski definition) is 4. The lowest BCUT2D eigenvalue weighted by Gasteiger charge is -2.25. The summed E-state index contributed by atoms with van der Waals surface area (Å²) in [5.41, 5.74) is 6.80. The highest BCUT2D eigenvalue weighted by Crippen LogP contribution is 2.37. The van der Waals surface area contributed by atoms with Gasteiger partial charge in [0, 0.05) is 24.5 Å². The molecule has 1 aliphatic heterocycles. The molecular formula is C16H25FN4O. The van der Waals surface area contributed by atoms with E-state index in [4.69, 9.17) is 5.73 Å². The zero-order valence-corrected chi connectivity index (χ0v) is 13.9. The van der Waals surface area contributed by atoms with Crippen LogP contribution in [0, 0.1) is 0 Å². The molecule has 122 valence electrons. The Hall–Kier alpha value is -1.69. The van der Waals surface area contributed by atoms with Gasteiger partial charge in [0.1, 0.15) is 11.4 Å². The van der Waals surface area contributed by atoms with E-state index >= 15 is 0 Å². The lowest BCUT2D eigenvalue weighted by molar-refractivity contribution is 0.0995. The maximum Gasteiger partial charge on any atom is 0.267 e. The van der Waals surface area contributed by atoms with E-state index in [2.05, 4.69) is 29.5 Å². The van der Waals surface area contributed by atoms with Crippen LogP contribution in [0.2, 0.25) is 0 Å². The van der Waals surface area contributed by atoms with Crippen LogP contribution in [0.3, 0.4) is 0 Å². The Bertz CT molecular complexity index is 593. The number of nitrogens with zero attached hydrogens (tertiary/aromatic N) is 1. The number of amides is 1. The van der Waals surface area contributed by atoms with Crippen LogP contribution in [0.4, 0.5) is 10.1 Å². The molecule has 0 aromatic carbocycles. The molecule has 1 aromatic heterocycles. The van der Waals surface area contributed by atoms with Gasteiger partial charge in [-0.25, -0.2) is 9.37 Å². The summed E-state index contributed by atoms with van der Waals surface area (Å²) in [5, 5.41) is 6.51. The lowest BCUT2D eigenvalue weighted by Crippen LogP contribution is -2.41. The Labute approximate surface area is 130 Å². The number of nitrogens with one attached hydrogen (secondary N) is 2. The van der Waals surface area contributed by atoms with Crippen molar-refractivity contribution in [3.63, 3.8) is 0 Å². The second-order valence-electron chi connectivity index (χ2n) is 7.16. The number of halogens is 1. The highest BCUT2D eigenvalue weighted by molar-refractivity contribution is 5.91. The van der Waals surface area contributed by atoms with Crippen molar-refractivity contribution in [3.8, 4) is 0 Å². The Balaban J connectivity index is 2.34. The number of primary amides is 1. The largest absolute Gasteiger partial charge is 0.382 e. The molecule has 0 unspecified atom stereocenters. The van der Waals surface area contributed by atoms with Crippen LogP contribution in [0.1, 0.15) is 56.4 Å². The number of fused-ring (bicyclic) bond motifs is 1. The highest BCUT2D eigenvalue weighted by atomic mass is 19.1. The van der Waals surface area contributed by atoms with Crippen LogP contribution in [0.5, 0.6) is 0 Å². The molecule has 5 nitrogen and oxygen atoms in total. The monoisotopic (exact) mass is 308 g/mol. The van der Waals surface area contributed by atoms with Gasteiger partial charge in [-0.05, 0) is 32.4 Å². The van der Waals surface area contributed by atoms with Gasteiger partial charge in [0.25, 0.3) is 5.91 Å². The van der Waals surface area contributed by atoms with Crippen molar-refractivity contribution >= 4 is 11.6 Å². The van der Waals surface area contributed by atoms with Crippen molar-refractivity contribution in [2.45, 2.75) is 58.3 Å². The van der Waals surface area contributed by atoms with Gasteiger partial charge in [-0.2, -0.15) is 0 Å². The topological polar surface area (TPSA) is 80.0 Å². The first-order chi connectivity index (χ1) is 10.0. The predicted octanol–water partition coefficient (Wildman–Crippen LogP) is 2.11. The van der Waals surface area contributed by atoms with Gasteiger partial charge in [0.15, 0.2) is 0 Å². The number of anilines is 1. The predicted molar refractivity (Wildman–Crippen MR) is 85.8 cm³/mol. The van der Waals surface area contributed by atoms with E-state index in [-0.39, 0.29) is 17.2 Å². The van der Waals surface area contributed by atoms with Crippen LogP contribution >= 0.6 is 0 Å². The fourth-order valence-corrected chi connectivity index (χ4v) is 2.45. The van der Waals surface area contributed by atoms with Crippen molar-refractivity contribution in [3.05, 3.63) is 23.0 Å². The van der Waals surface area contributed by atoms with Crippen LogP contribution in [-0.4, -0.2) is 29.1 Å². The molecule has 4 N–H and O–H groups in total. The minimum atomic E-state index is -1.32. The van der Waals surface area contributed by atoms with E-state index < -0.39 is 11.6 Å². The quantitative estimate of drug-likeness (QED) is 0.778. The maximum absolute atomic E-state index is 13.9. The maximum atomic E-state index is 13.9. The Kier molecular flexibility index (Phi) is 4.17. The number of nitrogens with two attached hydrogens (primary N) is 1. The molecule has 1 aromatic rings. The molecule has 2 heterocycles. The zero-order valence-electron chi connectivity index (χ0n) is 13.9. The number of alkyl halides is 1. The van der Waals surface area contributed by atoms with Crippen LogP contribution in [0.25, 0.3) is 0 Å². The summed E-state index contributed by atoms with van der Waals surface area (Å²) in [7, 11) is 0. The van der Waals surface area contributed by atoms with E-state index in [1.165, 1.54) is 13.8 Å². The summed E-state index contributed by atoms with van der Waals surface area (Å²) in [4.78, 5) is 15.9. The number of rotatable bonds is 5. The SMILES string of the molecule is C[C@H](NCc1cc(C(N)=O)nc2c1NCC2(C)C)C(C)(C)F. The molecule has 0 radical (unpaired) electrons. The molecule has 0 saturated heterocycles. The second kappa shape index (κ2) is 5.50. The van der Waals surface area contributed by atoms with Crippen molar-refractivity contribution in [2.24, 2.45) is 5.73 Å². The standard InChI is InChI=1S/C16H25FN4O/c1-9(16(4,5)17)19-7-10-6-11(14(18)22)21-13-12(10)20-8-15(13,2)3/h6,9,19-20H,7-8H2,1-5H3,(H2,18,22)/t9-/m0/s1. The summed E-state index contributed by atoms with van der Waals surface area (Å²) in [5.74, 6) is -0.550. The first kappa shape index (κ1) is 16.7. The molecule has 1 aliphatic rings. The van der Waals surface area contributed by atoms with Gasteiger partial charge >= 0.3 is 0 Å². The Morgan fingerprint density at radius 1 is 1.59 bits per heavy atom. The van der Waals surface area contributed by atoms with E-state index in [9.17, 15) is 9.18 Å². The molecular weight excluding hydrogens is 283 g/mol. The van der Waals surface area contributed by atoms with Crippen LogP contribution < -0.4 is 16.4 Å². The number of carbonyl (C=O) groups is 1. The molecule has 0 aliphatic carbocycles. The van der Waals surface area contributed by atoms with E-state index in [1.807, 2.05) is 0 Å². The first-order valence-corrected chi connectivity index (χ1v) is 7.53. The van der Waals surface area contributed by atoms with Gasteiger partial charge < -0.3 is 16.4 Å². The van der Waals surface area contributed by atoms with Gasteiger partial charge in [-0.15, -0.1) is 0 Å². The minimum absolute atomic E-state index is 0.166. The fraction of sp³-hybridized carbons (Fsp3) is 0.625. The second-order valence-corrected chi connectivity index (χ2v) is 7.16. The third-order valence-corrected chi connectivity index (χ3v) is 4.33. The van der Waals surface area contributed by atoms with Crippen molar-refractivity contribution < 1.29 is 9.18 Å². The normalized spacial score (nSPS) is 17.7. The third kappa shape index (κ3) is 3.21. The summed E-state index contributed by atoms with van der Waals surface area (Å²) < 4.78 is 13.9. The molecule has 0 fully saturated rings.